The van der Waals surface area contributed by atoms with E-state index in [-0.39, 0.29) is 12.5 Å². The van der Waals surface area contributed by atoms with Gasteiger partial charge in [-0.1, -0.05) is 36.4 Å². The summed E-state index contributed by atoms with van der Waals surface area (Å²) in [5.74, 6) is -0.231. The lowest BCUT2D eigenvalue weighted by molar-refractivity contribution is -0.119. The number of fused-ring (bicyclic) bond motifs is 1. The van der Waals surface area contributed by atoms with Crippen LogP contribution in [0.15, 0.2) is 36.4 Å². The summed E-state index contributed by atoms with van der Waals surface area (Å²) in [4.78, 5) is 10.9. The van der Waals surface area contributed by atoms with Gasteiger partial charge in [-0.05, 0) is 28.8 Å². The Bertz CT molecular complexity index is 624. The zero-order valence-electron chi connectivity index (χ0n) is 11.6. The first-order valence-electron chi connectivity index (χ1n) is 6.59. The SMILES string of the molecule is CC(=O)NCC(O)C(O)c1ccc(C)c2ccccc12. The Morgan fingerprint density at radius 2 is 1.80 bits per heavy atom. The summed E-state index contributed by atoms with van der Waals surface area (Å²) in [7, 11) is 0. The van der Waals surface area contributed by atoms with E-state index in [0.29, 0.717) is 5.56 Å². The quantitative estimate of drug-likeness (QED) is 0.794. The molecule has 0 saturated carbocycles. The summed E-state index contributed by atoms with van der Waals surface area (Å²) in [6.07, 6.45) is -2.07. The Morgan fingerprint density at radius 1 is 1.15 bits per heavy atom. The van der Waals surface area contributed by atoms with Gasteiger partial charge in [0.1, 0.15) is 12.2 Å². The van der Waals surface area contributed by atoms with Gasteiger partial charge >= 0.3 is 0 Å². The second-order valence-corrected chi connectivity index (χ2v) is 4.97. The highest BCUT2D eigenvalue weighted by Gasteiger charge is 2.20. The van der Waals surface area contributed by atoms with Crippen molar-refractivity contribution >= 4 is 16.7 Å². The Balaban J connectivity index is 2.32. The number of nitrogens with one attached hydrogen (secondary N) is 1. The molecule has 0 aliphatic heterocycles. The molecule has 0 fully saturated rings. The summed E-state index contributed by atoms with van der Waals surface area (Å²) < 4.78 is 0. The second kappa shape index (κ2) is 6.03. The third-order valence-electron chi connectivity index (χ3n) is 3.42. The molecule has 0 aliphatic carbocycles. The molecule has 2 atom stereocenters. The van der Waals surface area contributed by atoms with Crippen molar-refractivity contribution in [2.75, 3.05) is 6.54 Å². The molecule has 2 rings (SSSR count). The Kier molecular flexibility index (Phi) is 4.37. The van der Waals surface area contributed by atoms with Crippen LogP contribution in [0.4, 0.5) is 0 Å². The molecule has 0 aliphatic rings. The van der Waals surface area contributed by atoms with Gasteiger partial charge in [0.2, 0.25) is 5.91 Å². The Morgan fingerprint density at radius 3 is 2.45 bits per heavy atom. The largest absolute Gasteiger partial charge is 0.388 e. The topological polar surface area (TPSA) is 69.6 Å². The van der Waals surface area contributed by atoms with E-state index in [9.17, 15) is 15.0 Å². The summed E-state index contributed by atoms with van der Waals surface area (Å²) in [5.41, 5.74) is 1.79. The lowest BCUT2D eigenvalue weighted by Crippen LogP contribution is -2.34. The molecule has 2 aromatic rings. The number of amides is 1. The van der Waals surface area contributed by atoms with Crippen LogP contribution in [0.25, 0.3) is 10.8 Å². The molecule has 2 unspecified atom stereocenters. The predicted octanol–water partition coefficient (Wildman–Crippen LogP) is 1.68. The van der Waals surface area contributed by atoms with Crippen LogP contribution in [-0.2, 0) is 4.79 Å². The minimum atomic E-state index is -1.04. The first-order chi connectivity index (χ1) is 9.50. The van der Waals surface area contributed by atoms with Gasteiger partial charge in [-0.2, -0.15) is 0 Å². The van der Waals surface area contributed by atoms with Crippen molar-refractivity contribution in [1.82, 2.24) is 5.32 Å². The van der Waals surface area contributed by atoms with Crippen LogP contribution in [0.3, 0.4) is 0 Å². The molecule has 0 bridgehead atoms. The van der Waals surface area contributed by atoms with Crippen LogP contribution in [0.5, 0.6) is 0 Å². The van der Waals surface area contributed by atoms with E-state index < -0.39 is 12.2 Å². The molecule has 0 radical (unpaired) electrons. The standard InChI is InChI=1S/C16H19NO3/c1-10-7-8-14(13-6-4-3-5-12(10)13)16(20)15(19)9-17-11(2)18/h3-8,15-16,19-20H,9H2,1-2H3,(H,17,18). The van der Waals surface area contributed by atoms with Gasteiger partial charge in [0, 0.05) is 13.5 Å². The maximum atomic E-state index is 10.9. The fourth-order valence-corrected chi connectivity index (χ4v) is 2.30. The second-order valence-electron chi connectivity index (χ2n) is 4.97. The molecule has 0 heterocycles. The fraction of sp³-hybridized carbons (Fsp3) is 0.312. The molecule has 106 valence electrons. The van der Waals surface area contributed by atoms with E-state index >= 15 is 0 Å². The number of hydrogen-bond donors (Lipinski definition) is 3. The molecule has 0 aromatic heterocycles. The molecule has 2 aromatic carbocycles. The van der Waals surface area contributed by atoms with Gasteiger partial charge in [-0.15, -0.1) is 0 Å². The maximum Gasteiger partial charge on any atom is 0.216 e. The van der Waals surface area contributed by atoms with Gasteiger partial charge in [0.15, 0.2) is 0 Å². The van der Waals surface area contributed by atoms with E-state index in [0.717, 1.165) is 16.3 Å². The first kappa shape index (κ1) is 14.5. The zero-order chi connectivity index (χ0) is 14.7. The van der Waals surface area contributed by atoms with Crippen molar-refractivity contribution in [2.45, 2.75) is 26.1 Å². The Hall–Kier alpha value is -1.91. The van der Waals surface area contributed by atoms with E-state index in [4.69, 9.17) is 0 Å². The summed E-state index contributed by atoms with van der Waals surface area (Å²) >= 11 is 0. The number of carbonyl (C=O) groups is 1. The molecule has 20 heavy (non-hydrogen) atoms. The van der Waals surface area contributed by atoms with E-state index in [1.165, 1.54) is 6.92 Å². The third-order valence-corrected chi connectivity index (χ3v) is 3.42. The van der Waals surface area contributed by atoms with Crippen molar-refractivity contribution in [3.05, 3.63) is 47.5 Å². The van der Waals surface area contributed by atoms with E-state index in [1.807, 2.05) is 43.3 Å². The first-order valence-corrected chi connectivity index (χ1v) is 6.59. The van der Waals surface area contributed by atoms with Gasteiger partial charge in [-0.25, -0.2) is 0 Å². The average molecular weight is 273 g/mol. The van der Waals surface area contributed by atoms with Crippen molar-refractivity contribution in [2.24, 2.45) is 0 Å². The van der Waals surface area contributed by atoms with Gasteiger partial charge in [0.25, 0.3) is 0 Å². The number of aliphatic hydroxyl groups excluding tert-OH is 2. The molecule has 4 nitrogen and oxygen atoms in total. The van der Waals surface area contributed by atoms with E-state index in [1.54, 1.807) is 0 Å². The van der Waals surface area contributed by atoms with Crippen LogP contribution in [0, 0.1) is 6.92 Å². The molecule has 1 amide bonds. The van der Waals surface area contributed by atoms with E-state index in [2.05, 4.69) is 5.32 Å². The third kappa shape index (κ3) is 2.98. The number of aliphatic hydroxyl groups is 2. The van der Waals surface area contributed by atoms with Gasteiger partial charge < -0.3 is 15.5 Å². The predicted molar refractivity (Wildman–Crippen MR) is 78.3 cm³/mol. The molecule has 0 saturated heterocycles. The normalized spacial score (nSPS) is 14.0. The minimum Gasteiger partial charge on any atom is -0.388 e. The molecular formula is C16H19NO3. The number of aryl methyl sites for hydroxylation is 1. The van der Waals surface area contributed by atoms with Crippen molar-refractivity contribution < 1.29 is 15.0 Å². The highest BCUT2D eigenvalue weighted by molar-refractivity contribution is 5.88. The Labute approximate surface area is 118 Å². The van der Waals surface area contributed by atoms with Crippen LogP contribution < -0.4 is 5.32 Å². The van der Waals surface area contributed by atoms with Crippen molar-refractivity contribution in [3.8, 4) is 0 Å². The maximum absolute atomic E-state index is 10.9. The van der Waals surface area contributed by atoms with Crippen LogP contribution >= 0.6 is 0 Å². The lowest BCUT2D eigenvalue weighted by Gasteiger charge is -2.20. The lowest BCUT2D eigenvalue weighted by atomic mass is 9.95. The number of benzene rings is 2. The fourth-order valence-electron chi connectivity index (χ4n) is 2.30. The zero-order valence-corrected chi connectivity index (χ0v) is 11.6. The molecule has 3 N–H and O–H groups in total. The van der Waals surface area contributed by atoms with Gasteiger partial charge in [-0.3, -0.25) is 4.79 Å². The van der Waals surface area contributed by atoms with Crippen LogP contribution in [-0.4, -0.2) is 28.8 Å². The minimum absolute atomic E-state index is 0.0265. The smallest absolute Gasteiger partial charge is 0.216 e. The summed E-state index contributed by atoms with van der Waals surface area (Å²) in [5, 5.41) is 24.8. The number of hydrogen-bond acceptors (Lipinski definition) is 3. The van der Waals surface area contributed by atoms with Crippen LogP contribution in [0.1, 0.15) is 24.2 Å². The summed E-state index contributed by atoms with van der Waals surface area (Å²) in [6, 6.07) is 11.5. The number of rotatable bonds is 4. The van der Waals surface area contributed by atoms with Crippen molar-refractivity contribution in [1.29, 1.82) is 0 Å². The molecule has 4 heteroatoms. The average Bonchev–Trinajstić information content (AvgIpc) is 2.44. The van der Waals surface area contributed by atoms with Gasteiger partial charge in [0.05, 0.1) is 0 Å². The summed E-state index contributed by atoms with van der Waals surface area (Å²) in [6.45, 7) is 3.41. The number of carbonyl (C=O) groups excluding carboxylic acids is 1. The molecule has 0 spiro atoms. The molecular weight excluding hydrogens is 254 g/mol. The van der Waals surface area contributed by atoms with Crippen LogP contribution in [0.2, 0.25) is 0 Å². The highest BCUT2D eigenvalue weighted by atomic mass is 16.3. The van der Waals surface area contributed by atoms with Crippen molar-refractivity contribution in [3.63, 3.8) is 0 Å². The highest BCUT2D eigenvalue weighted by Crippen LogP contribution is 2.28. The monoisotopic (exact) mass is 273 g/mol.